The van der Waals surface area contributed by atoms with E-state index in [9.17, 15) is 9.59 Å². The van der Waals surface area contributed by atoms with Gasteiger partial charge in [-0.2, -0.15) is 0 Å². The molecule has 1 unspecified atom stereocenters. The zero-order valence-corrected chi connectivity index (χ0v) is 21.2. The maximum atomic E-state index is 12.1. The van der Waals surface area contributed by atoms with Crippen LogP contribution in [0.15, 0.2) is 4.99 Å². The molecule has 0 aromatic carbocycles. The van der Waals surface area contributed by atoms with E-state index in [1.54, 1.807) is 0 Å². The lowest BCUT2D eigenvalue weighted by molar-refractivity contribution is -0.146. The third kappa shape index (κ3) is 10.4. The molecule has 8 nitrogen and oxygen atoms in total. The first kappa shape index (κ1) is 27.7. The van der Waals surface area contributed by atoms with Crippen molar-refractivity contribution in [2.24, 2.45) is 16.8 Å². The van der Waals surface area contributed by atoms with Crippen molar-refractivity contribution in [3.63, 3.8) is 0 Å². The monoisotopic (exact) mass is 526 g/mol. The second-order valence-corrected chi connectivity index (χ2v) is 8.48. The van der Waals surface area contributed by atoms with Crippen molar-refractivity contribution in [3.8, 4) is 0 Å². The van der Waals surface area contributed by atoms with E-state index in [0.29, 0.717) is 6.54 Å². The number of ether oxygens (including phenoxy) is 2. The van der Waals surface area contributed by atoms with Gasteiger partial charge in [0, 0.05) is 19.6 Å². The summed E-state index contributed by atoms with van der Waals surface area (Å²) in [5.74, 6) is 0.844. The van der Waals surface area contributed by atoms with Gasteiger partial charge in [0.15, 0.2) is 5.96 Å². The molecule has 1 heterocycles. The zero-order valence-electron chi connectivity index (χ0n) is 18.9. The van der Waals surface area contributed by atoms with Crippen molar-refractivity contribution in [3.05, 3.63) is 0 Å². The van der Waals surface area contributed by atoms with Gasteiger partial charge in [-0.25, -0.2) is 4.79 Å². The summed E-state index contributed by atoms with van der Waals surface area (Å²) in [6, 6.07) is -0.129. The molecule has 1 aliphatic heterocycles. The van der Waals surface area contributed by atoms with Gasteiger partial charge >= 0.3 is 12.1 Å². The van der Waals surface area contributed by atoms with E-state index in [-0.39, 0.29) is 47.8 Å². The molecule has 0 spiro atoms. The molecular weight excluding hydrogens is 487 g/mol. The van der Waals surface area contributed by atoms with Crippen molar-refractivity contribution in [1.82, 2.24) is 15.5 Å². The van der Waals surface area contributed by atoms with Gasteiger partial charge in [0.1, 0.15) is 5.60 Å². The number of hydrogen-bond acceptors (Lipinski definition) is 5. The first-order chi connectivity index (χ1) is 13.1. The largest absolute Gasteiger partial charge is 0.469 e. The molecule has 1 rings (SSSR count). The van der Waals surface area contributed by atoms with Gasteiger partial charge in [-0.15, -0.1) is 24.0 Å². The summed E-state index contributed by atoms with van der Waals surface area (Å²) in [6.07, 6.45) is 1.08. The molecule has 0 aliphatic carbocycles. The highest BCUT2D eigenvalue weighted by molar-refractivity contribution is 14.0. The topological polar surface area (TPSA) is 92.3 Å². The molecule has 9 heteroatoms. The number of piperidine rings is 1. The minimum absolute atomic E-state index is 0. The van der Waals surface area contributed by atoms with Crippen LogP contribution in [0.2, 0.25) is 0 Å². The Morgan fingerprint density at radius 1 is 1.21 bits per heavy atom. The van der Waals surface area contributed by atoms with Gasteiger partial charge in [-0.1, -0.05) is 13.8 Å². The van der Waals surface area contributed by atoms with Gasteiger partial charge in [-0.05, 0) is 46.5 Å². The second-order valence-electron chi connectivity index (χ2n) is 8.48. The number of hydrogen-bond donors (Lipinski definition) is 2. The maximum absolute atomic E-state index is 12.1. The Labute approximate surface area is 192 Å². The number of nitrogens with zero attached hydrogens (tertiary/aromatic N) is 2. The number of likely N-dealkylation sites (tertiary alicyclic amines) is 1. The Morgan fingerprint density at radius 3 is 2.24 bits per heavy atom. The Morgan fingerprint density at radius 2 is 1.79 bits per heavy atom. The van der Waals surface area contributed by atoms with Crippen LogP contribution in [0.1, 0.15) is 54.4 Å². The lowest BCUT2D eigenvalue weighted by atomic mass is 9.97. The van der Waals surface area contributed by atoms with Crippen LogP contribution in [0, 0.1) is 11.8 Å². The molecule has 1 saturated heterocycles. The van der Waals surface area contributed by atoms with Crippen LogP contribution in [0.4, 0.5) is 4.79 Å². The molecule has 29 heavy (non-hydrogen) atoms. The molecule has 170 valence electrons. The van der Waals surface area contributed by atoms with Crippen molar-refractivity contribution < 1.29 is 19.1 Å². The van der Waals surface area contributed by atoms with Crippen LogP contribution < -0.4 is 10.6 Å². The van der Waals surface area contributed by atoms with Crippen LogP contribution in [0.3, 0.4) is 0 Å². The highest BCUT2D eigenvalue weighted by Crippen LogP contribution is 2.18. The minimum Gasteiger partial charge on any atom is -0.469 e. The Balaban J connectivity index is 0.00000784. The van der Waals surface area contributed by atoms with Gasteiger partial charge < -0.3 is 25.0 Å². The quantitative estimate of drug-likeness (QED) is 0.239. The zero-order chi connectivity index (χ0) is 21.3. The molecule has 1 amide bonds. The summed E-state index contributed by atoms with van der Waals surface area (Å²) in [5.41, 5.74) is -0.534. The standard InChI is InChI=1S/C20H38N4O4.HI/c1-8-21-18(24-11-9-15(10-12-24)17(25)27-7)22-13-16(14(2)3)23-19(26)28-20(4,5)6;/h14-16H,8-13H2,1-7H3,(H,21,22)(H,23,26);1H. The lowest BCUT2D eigenvalue weighted by Crippen LogP contribution is -2.48. The van der Waals surface area contributed by atoms with Gasteiger partial charge in [0.25, 0.3) is 0 Å². The van der Waals surface area contributed by atoms with E-state index >= 15 is 0 Å². The third-order valence-corrected chi connectivity index (χ3v) is 4.61. The summed E-state index contributed by atoms with van der Waals surface area (Å²) >= 11 is 0. The van der Waals surface area contributed by atoms with Gasteiger partial charge in [-0.3, -0.25) is 9.79 Å². The van der Waals surface area contributed by atoms with E-state index < -0.39 is 11.7 Å². The molecule has 1 aliphatic rings. The number of esters is 1. The summed E-state index contributed by atoms with van der Waals surface area (Å²) in [5, 5.41) is 6.24. The van der Waals surface area contributed by atoms with Crippen molar-refractivity contribution in [1.29, 1.82) is 0 Å². The fraction of sp³-hybridized carbons (Fsp3) is 0.850. The van der Waals surface area contributed by atoms with Crippen molar-refractivity contribution in [2.75, 3.05) is 33.3 Å². The molecular formula is C20H39IN4O4. The van der Waals surface area contributed by atoms with E-state index in [1.165, 1.54) is 7.11 Å². The van der Waals surface area contributed by atoms with Crippen LogP contribution in [-0.2, 0) is 14.3 Å². The predicted octanol–water partition coefficient (Wildman–Crippen LogP) is 3.00. The highest BCUT2D eigenvalue weighted by atomic mass is 127. The highest BCUT2D eigenvalue weighted by Gasteiger charge is 2.27. The SMILES string of the molecule is CCNC(=NCC(NC(=O)OC(C)(C)C)C(C)C)N1CCC(C(=O)OC)CC1.I. The number of halogens is 1. The predicted molar refractivity (Wildman–Crippen MR) is 126 cm³/mol. The maximum Gasteiger partial charge on any atom is 0.407 e. The van der Waals surface area contributed by atoms with E-state index in [1.807, 2.05) is 41.5 Å². The number of carbonyl (C=O) groups excluding carboxylic acids is 2. The number of aliphatic imine (C=N–C) groups is 1. The fourth-order valence-electron chi connectivity index (χ4n) is 2.99. The van der Waals surface area contributed by atoms with E-state index in [0.717, 1.165) is 38.4 Å². The molecule has 2 N–H and O–H groups in total. The summed E-state index contributed by atoms with van der Waals surface area (Å²) < 4.78 is 10.2. The summed E-state index contributed by atoms with van der Waals surface area (Å²) in [7, 11) is 1.43. The molecule has 0 aromatic rings. The Kier molecular flexibility index (Phi) is 12.6. The van der Waals surface area contributed by atoms with Crippen LogP contribution in [-0.4, -0.2) is 67.9 Å². The third-order valence-electron chi connectivity index (χ3n) is 4.61. The number of rotatable bonds is 6. The number of amides is 1. The van der Waals surface area contributed by atoms with Crippen LogP contribution in [0.5, 0.6) is 0 Å². The smallest absolute Gasteiger partial charge is 0.407 e. The number of methoxy groups -OCH3 is 1. The molecule has 0 radical (unpaired) electrons. The number of guanidine groups is 1. The van der Waals surface area contributed by atoms with E-state index in [2.05, 4.69) is 15.5 Å². The first-order valence-corrected chi connectivity index (χ1v) is 10.2. The molecule has 0 bridgehead atoms. The number of nitrogens with one attached hydrogen (secondary N) is 2. The summed E-state index contributed by atoms with van der Waals surface area (Å²) in [6.45, 7) is 14.4. The first-order valence-electron chi connectivity index (χ1n) is 10.2. The molecule has 1 fully saturated rings. The van der Waals surface area contributed by atoms with Gasteiger partial charge in [0.2, 0.25) is 0 Å². The second kappa shape index (κ2) is 13.1. The summed E-state index contributed by atoms with van der Waals surface area (Å²) in [4.78, 5) is 30.7. The van der Waals surface area contributed by atoms with E-state index in [4.69, 9.17) is 14.5 Å². The fourth-order valence-corrected chi connectivity index (χ4v) is 2.99. The molecule has 0 saturated carbocycles. The normalized spacial score (nSPS) is 16.7. The Hall–Kier alpha value is -1.26. The number of carbonyl (C=O) groups is 2. The average molecular weight is 526 g/mol. The Bertz CT molecular complexity index is 541. The van der Waals surface area contributed by atoms with Crippen LogP contribution in [0.25, 0.3) is 0 Å². The van der Waals surface area contributed by atoms with Crippen molar-refractivity contribution in [2.45, 2.75) is 66.0 Å². The van der Waals surface area contributed by atoms with Crippen molar-refractivity contribution >= 4 is 42.0 Å². The minimum atomic E-state index is -0.534. The lowest BCUT2D eigenvalue weighted by Gasteiger charge is -2.33. The van der Waals surface area contributed by atoms with Gasteiger partial charge in [0.05, 0.1) is 25.6 Å². The molecule has 0 aromatic heterocycles. The average Bonchev–Trinajstić information content (AvgIpc) is 2.61. The van der Waals surface area contributed by atoms with Crippen LogP contribution >= 0.6 is 24.0 Å². The molecule has 1 atom stereocenters. The number of alkyl carbamates (subject to hydrolysis) is 1.